The van der Waals surface area contributed by atoms with Crippen molar-refractivity contribution in [1.82, 2.24) is 10.6 Å². The van der Waals surface area contributed by atoms with E-state index in [1.165, 1.54) is 5.56 Å². The molecule has 2 aromatic carbocycles. The van der Waals surface area contributed by atoms with Crippen LogP contribution in [0.15, 0.2) is 46.9 Å². The van der Waals surface area contributed by atoms with Gasteiger partial charge in [0.1, 0.15) is 5.75 Å². The normalized spacial score (nSPS) is 22.4. The van der Waals surface area contributed by atoms with Crippen molar-refractivity contribution in [3.05, 3.63) is 63.6 Å². The fourth-order valence-electron chi connectivity index (χ4n) is 3.73. The minimum Gasteiger partial charge on any atom is -0.493 e. The van der Waals surface area contributed by atoms with E-state index in [-0.39, 0.29) is 5.91 Å². The van der Waals surface area contributed by atoms with Crippen LogP contribution in [-0.2, 0) is 6.54 Å². The molecule has 0 aliphatic carbocycles. The molecule has 0 spiro atoms. The van der Waals surface area contributed by atoms with E-state index in [1.807, 2.05) is 18.2 Å². The number of fused-ring (bicyclic) bond motifs is 1. The van der Waals surface area contributed by atoms with Crippen LogP contribution in [0.2, 0.25) is 0 Å². The van der Waals surface area contributed by atoms with Crippen LogP contribution >= 0.6 is 15.9 Å². The third-order valence-electron chi connectivity index (χ3n) is 5.14. The number of hydrogen-bond donors (Lipinski definition) is 2. The molecule has 1 fully saturated rings. The summed E-state index contributed by atoms with van der Waals surface area (Å²) in [7, 11) is 0. The summed E-state index contributed by atoms with van der Waals surface area (Å²) < 4.78 is 7.17. The third kappa shape index (κ3) is 3.58. The molecule has 130 valence electrons. The number of hydrogen-bond acceptors (Lipinski definition) is 3. The fraction of sp³-hybridized carbons (Fsp3) is 0.350. The molecule has 4 rings (SSSR count). The van der Waals surface area contributed by atoms with E-state index in [4.69, 9.17) is 4.74 Å². The van der Waals surface area contributed by atoms with Crippen molar-refractivity contribution in [2.45, 2.75) is 18.9 Å². The van der Waals surface area contributed by atoms with Gasteiger partial charge in [0.05, 0.1) is 6.61 Å². The second-order valence-corrected chi connectivity index (χ2v) is 7.64. The number of benzene rings is 2. The van der Waals surface area contributed by atoms with Crippen LogP contribution in [0.25, 0.3) is 0 Å². The van der Waals surface area contributed by atoms with Gasteiger partial charge in [-0.25, -0.2) is 0 Å². The van der Waals surface area contributed by atoms with Crippen molar-refractivity contribution in [1.29, 1.82) is 0 Å². The van der Waals surface area contributed by atoms with E-state index in [2.05, 4.69) is 50.8 Å². The Kier molecular flexibility index (Phi) is 4.77. The van der Waals surface area contributed by atoms with E-state index in [1.54, 1.807) is 0 Å². The monoisotopic (exact) mass is 400 g/mol. The highest BCUT2D eigenvalue weighted by atomic mass is 79.9. The first-order chi connectivity index (χ1) is 12.2. The second kappa shape index (κ2) is 7.18. The minimum atomic E-state index is -0.00692. The Morgan fingerprint density at radius 1 is 1.16 bits per heavy atom. The van der Waals surface area contributed by atoms with Gasteiger partial charge in [0, 0.05) is 29.0 Å². The van der Waals surface area contributed by atoms with Gasteiger partial charge in [-0.05, 0) is 54.3 Å². The molecule has 0 aromatic heterocycles. The Morgan fingerprint density at radius 2 is 2.00 bits per heavy atom. The number of ether oxygens (including phenoxy) is 1. The molecule has 0 radical (unpaired) electrons. The van der Waals surface area contributed by atoms with Gasteiger partial charge in [0.25, 0.3) is 5.91 Å². The number of rotatable bonds is 4. The molecule has 2 N–H and O–H groups in total. The van der Waals surface area contributed by atoms with Gasteiger partial charge in [0.2, 0.25) is 0 Å². The van der Waals surface area contributed by atoms with Crippen LogP contribution in [0.1, 0.15) is 33.8 Å². The number of carbonyl (C=O) groups excluding carboxylic acids is 1. The van der Waals surface area contributed by atoms with Crippen molar-refractivity contribution in [2.75, 3.05) is 19.7 Å². The van der Waals surface area contributed by atoms with E-state index >= 15 is 0 Å². The Balaban J connectivity index is 1.46. The molecule has 0 unspecified atom stereocenters. The van der Waals surface area contributed by atoms with Crippen LogP contribution in [0.5, 0.6) is 5.75 Å². The summed E-state index contributed by atoms with van der Waals surface area (Å²) in [5.41, 5.74) is 3.15. The van der Waals surface area contributed by atoms with Crippen LogP contribution in [0.3, 0.4) is 0 Å². The Labute approximate surface area is 156 Å². The Hall–Kier alpha value is -1.85. The van der Waals surface area contributed by atoms with Crippen molar-refractivity contribution < 1.29 is 9.53 Å². The van der Waals surface area contributed by atoms with Crippen LogP contribution < -0.4 is 15.4 Å². The van der Waals surface area contributed by atoms with Crippen molar-refractivity contribution >= 4 is 21.8 Å². The second-order valence-electron chi connectivity index (χ2n) is 6.72. The van der Waals surface area contributed by atoms with Crippen LogP contribution in [0, 0.1) is 5.92 Å². The lowest BCUT2D eigenvalue weighted by Crippen LogP contribution is -2.38. The summed E-state index contributed by atoms with van der Waals surface area (Å²) in [4.78, 5) is 11.8. The van der Waals surface area contributed by atoms with E-state index in [9.17, 15) is 4.79 Å². The number of carbonyl (C=O) groups is 1. The molecule has 2 atom stereocenters. The quantitative estimate of drug-likeness (QED) is 0.825. The van der Waals surface area contributed by atoms with Gasteiger partial charge in [-0.2, -0.15) is 0 Å². The molecule has 0 saturated carbocycles. The highest BCUT2D eigenvalue weighted by Gasteiger charge is 2.27. The molecule has 2 aliphatic rings. The molecule has 25 heavy (non-hydrogen) atoms. The predicted octanol–water partition coefficient (Wildman–Crippen LogP) is 3.46. The maximum atomic E-state index is 11.8. The largest absolute Gasteiger partial charge is 0.493 e. The topological polar surface area (TPSA) is 50.4 Å². The molecule has 2 heterocycles. The first-order valence-electron chi connectivity index (χ1n) is 8.71. The minimum absolute atomic E-state index is 0.00692. The maximum Gasteiger partial charge on any atom is 0.252 e. The van der Waals surface area contributed by atoms with Crippen LogP contribution in [-0.4, -0.2) is 25.6 Å². The molecule has 0 bridgehead atoms. The zero-order chi connectivity index (χ0) is 17.2. The van der Waals surface area contributed by atoms with E-state index < -0.39 is 0 Å². The predicted molar refractivity (Wildman–Crippen MR) is 101 cm³/mol. The third-order valence-corrected chi connectivity index (χ3v) is 5.66. The summed E-state index contributed by atoms with van der Waals surface area (Å²) in [5.74, 6) is 1.67. The van der Waals surface area contributed by atoms with E-state index in [0.29, 0.717) is 25.0 Å². The summed E-state index contributed by atoms with van der Waals surface area (Å²) >= 11 is 3.51. The first-order valence-corrected chi connectivity index (χ1v) is 9.50. The molecule has 1 amide bonds. The van der Waals surface area contributed by atoms with Gasteiger partial charge < -0.3 is 15.4 Å². The number of amides is 1. The molecule has 2 aliphatic heterocycles. The van der Waals surface area contributed by atoms with Gasteiger partial charge in [-0.3, -0.25) is 4.79 Å². The SMILES string of the molecule is O=C1NCc2ccc(OC[C@H]3CNCC[C@@H]3c3ccc(Br)cc3)cc21. The van der Waals surface area contributed by atoms with Gasteiger partial charge >= 0.3 is 0 Å². The summed E-state index contributed by atoms with van der Waals surface area (Å²) in [6, 6.07) is 14.4. The van der Waals surface area contributed by atoms with Gasteiger partial charge in [0.15, 0.2) is 0 Å². The summed E-state index contributed by atoms with van der Waals surface area (Å²) in [6.07, 6.45) is 1.11. The average molecular weight is 401 g/mol. The maximum absolute atomic E-state index is 11.8. The molecule has 1 saturated heterocycles. The molecule has 4 nitrogen and oxygen atoms in total. The number of piperidine rings is 1. The van der Waals surface area contributed by atoms with Crippen molar-refractivity contribution in [3.8, 4) is 5.75 Å². The summed E-state index contributed by atoms with van der Waals surface area (Å²) in [5, 5.41) is 6.32. The molecular weight excluding hydrogens is 380 g/mol. The fourth-order valence-corrected chi connectivity index (χ4v) is 4.00. The molecule has 5 heteroatoms. The lowest BCUT2D eigenvalue weighted by Gasteiger charge is -2.32. The van der Waals surface area contributed by atoms with Crippen molar-refractivity contribution in [3.63, 3.8) is 0 Å². The molecule has 2 aromatic rings. The number of nitrogens with one attached hydrogen (secondary N) is 2. The zero-order valence-corrected chi connectivity index (χ0v) is 15.5. The highest BCUT2D eigenvalue weighted by molar-refractivity contribution is 9.10. The van der Waals surface area contributed by atoms with Gasteiger partial charge in [-0.1, -0.05) is 34.1 Å². The lowest BCUT2D eigenvalue weighted by atomic mass is 9.81. The number of halogens is 1. The average Bonchev–Trinajstić information content (AvgIpc) is 3.02. The zero-order valence-electron chi connectivity index (χ0n) is 13.9. The van der Waals surface area contributed by atoms with E-state index in [0.717, 1.165) is 40.9 Å². The van der Waals surface area contributed by atoms with Crippen molar-refractivity contribution in [2.24, 2.45) is 5.92 Å². The Bertz CT molecular complexity index is 776. The lowest BCUT2D eigenvalue weighted by molar-refractivity contribution is 0.0965. The first kappa shape index (κ1) is 16.6. The highest BCUT2D eigenvalue weighted by Crippen LogP contribution is 2.32. The standard InChI is InChI=1S/C20H21BrN2O2/c21-16-4-1-13(2-5-16)18-7-8-22-10-15(18)12-25-17-6-3-14-11-23-20(24)19(14)9-17/h1-6,9,15,18,22H,7-8,10-12H2,(H,23,24)/t15-,18-/m1/s1. The summed E-state index contributed by atoms with van der Waals surface area (Å²) in [6.45, 7) is 3.25. The molecular formula is C20H21BrN2O2. The Morgan fingerprint density at radius 3 is 2.84 bits per heavy atom. The van der Waals surface area contributed by atoms with Gasteiger partial charge in [-0.15, -0.1) is 0 Å². The van der Waals surface area contributed by atoms with Crippen LogP contribution in [0.4, 0.5) is 0 Å². The smallest absolute Gasteiger partial charge is 0.252 e.